The van der Waals surface area contributed by atoms with E-state index < -0.39 is 10.1 Å². The molecule has 0 aliphatic rings. The van der Waals surface area contributed by atoms with Gasteiger partial charge in [-0.2, -0.15) is 8.42 Å². The van der Waals surface area contributed by atoms with Gasteiger partial charge < -0.3 is 0 Å². The molecule has 86 valence electrons. The largest absolute Gasteiger partial charge is 0.297 e. The van der Waals surface area contributed by atoms with Crippen LogP contribution in [0.1, 0.15) is 27.7 Å². The summed E-state index contributed by atoms with van der Waals surface area (Å²) in [5.74, 6) is 0.0554. The van der Waals surface area contributed by atoms with Gasteiger partial charge in [-0.1, -0.05) is 0 Å². The van der Waals surface area contributed by atoms with E-state index in [9.17, 15) is 8.42 Å². The van der Waals surface area contributed by atoms with Crippen LogP contribution in [0.4, 0.5) is 0 Å². The van der Waals surface area contributed by atoms with Gasteiger partial charge in [0.1, 0.15) is 0 Å². The highest BCUT2D eigenvalue weighted by Crippen LogP contribution is 2.05. The number of hydrogen-bond acceptors (Lipinski definition) is 4. The highest BCUT2D eigenvalue weighted by molar-refractivity contribution is 7.86. The molecule has 0 atom stereocenters. The van der Waals surface area contributed by atoms with Crippen LogP contribution >= 0.6 is 0 Å². The van der Waals surface area contributed by atoms with Crippen molar-refractivity contribution in [2.75, 3.05) is 19.4 Å². The van der Waals surface area contributed by atoms with Crippen LogP contribution in [0.2, 0.25) is 0 Å². The number of rotatable bonds is 6. The Kier molecular flexibility index (Phi) is 5.63. The van der Waals surface area contributed by atoms with Crippen LogP contribution in [-0.4, -0.2) is 44.8 Å². The van der Waals surface area contributed by atoms with Crippen molar-refractivity contribution in [2.24, 2.45) is 0 Å². The first kappa shape index (κ1) is 13.9. The molecule has 0 spiro atoms. The molecule has 0 N–H and O–H groups in total. The van der Waals surface area contributed by atoms with Gasteiger partial charge in [0.05, 0.1) is 12.9 Å². The molecule has 5 heteroatoms. The Morgan fingerprint density at radius 1 is 1.14 bits per heavy atom. The van der Waals surface area contributed by atoms with E-state index in [1.54, 1.807) is 0 Å². The molecule has 0 saturated heterocycles. The monoisotopic (exact) mass is 223 g/mol. The first-order valence-corrected chi connectivity index (χ1v) is 6.42. The van der Waals surface area contributed by atoms with Crippen molar-refractivity contribution in [3.05, 3.63) is 0 Å². The summed E-state index contributed by atoms with van der Waals surface area (Å²) in [6, 6.07) is 0.698. The zero-order valence-corrected chi connectivity index (χ0v) is 10.5. The summed E-state index contributed by atoms with van der Waals surface area (Å²) in [4.78, 5) is 2.12. The molecule has 14 heavy (non-hydrogen) atoms. The van der Waals surface area contributed by atoms with E-state index in [4.69, 9.17) is 0 Å². The lowest BCUT2D eigenvalue weighted by Crippen LogP contribution is -2.40. The van der Waals surface area contributed by atoms with Gasteiger partial charge in [-0.25, -0.2) is 0 Å². The van der Waals surface area contributed by atoms with Gasteiger partial charge in [0.25, 0.3) is 10.1 Å². The smallest absolute Gasteiger partial charge is 0.268 e. The van der Waals surface area contributed by atoms with Crippen LogP contribution < -0.4 is 0 Å². The topological polar surface area (TPSA) is 46.6 Å². The fourth-order valence-electron chi connectivity index (χ4n) is 1.41. The summed E-state index contributed by atoms with van der Waals surface area (Å²) in [6.07, 6.45) is 0. The number of hydrogen-bond donors (Lipinski definition) is 0. The SMILES string of the molecule is COS(=O)(=O)CCN(C(C)C)C(C)C. The Morgan fingerprint density at radius 3 is 1.86 bits per heavy atom. The van der Waals surface area contributed by atoms with Gasteiger partial charge >= 0.3 is 0 Å². The average Bonchev–Trinajstić information content (AvgIpc) is 2.03. The molecule has 4 nitrogen and oxygen atoms in total. The third kappa shape index (κ3) is 4.93. The maximum atomic E-state index is 11.1. The molecule has 0 aromatic heterocycles. The molecule has 0 aromatic carbocycles. The van der Waals surface area contributed by atoms with Gasteiger partial charge in [0, 0.05) is 18.6 Å². The summed E-state index contributed by atoms with van der Waals surface area (Å²) in [6.45, 7) is 8.74. The zero-order valence-electron chi connectivity index (χ0n) is 9.65. The molecule has 0 bridgehead atoms. The lowest BCUT2D eigenvalue weighted by atomic mass is 10.2. The molecule has 0 amide bonds. The van der Waals surface area contributed by atoms with E-state index in [0.717, 1.165) is 0 Å². The van der Waals surface area contributed by atoms with E-state index in [2.05, 4.69) is 36.8 Å². The second kappa shape index (κ2) is 5.68. The van der Waals surface area contributed by atoms with Gasteiger partial charge in [-0.3, -0.25) is 9.08 Å². The predicted octanol–water partition coefficient (Wildman–Crippen LogP) is 1.08. The van der Waals surface area contributed by atoms with Gasteiger partial charge in [-0.05, 0) is 27.7 Å². The fourth-order valence-corrected chi connectivity index (χ4v) is 2.01. The van der Waals surface area contributed by atoms with Crippen molar-refractivity contribution in [3.63, 3.8) is 0 Å². The van der Waals surface area contributed by atoms with Crippen molar-refractivity contribution >= 4 is 10.1 Å². The summed E-state index contributed by atoms with van der Waals surface area (Å²) >= 11 is 0. The molecule has 0 heterocycles. The lowest BCUT2D eigenvalue weighted by molar-refractivity contribution is 0.185. The molecule has 0 saturated carbocycles. The molecule has 0 unspecified atom stereocenters. The second-order valence-electron chi connectivity index (χ2n) is 3.85. The molecule has 0 fully saturated rings. The van der Waals surface area contributed by atoms with Gasteiger partial charge in [0.15, 0.2) is 0 Å². The molecule has 0 radical (unpaired) electrons. The Balaban J connectivity index is 4.21. The third-order valence-corrected chi connectivity index (χ3v) is 3.37. The van der Waals surface area contributed by atoms with Crippen molar-refractivity contribution < 1.29 is 12.6 Å². The molecule has 0 aliphatic heterocycles. The highest BCUT2D eigenvalue weighted by Gasteiger charge is 2.17. The van der Waals surface area contributed by atoms with E-state index >= 15 is 0 Å². The summed E-state index contributed by atoms with van der Waals surface area (Å²) in [5.41, 5.74) is 0. The van der Waals surface area contributed by atoms with E-state index in [1.807, 2.05) is 0 Å². The summed E-state index contributed by atoms with van der Waals surface area (Å²) in [7, 11) is -2.12. The van der Waals surface area contributed by atoms with Crippen LogP contribution in [0.3, 0.4) is 0 Å². The Morgan fingerprint density at radius 2 is 1.57 bits per heavy atom. The fraction of sp³-hybridized carbons (Fsp3) is 1.00. The molecular formula is C9H21NO3S. The predicted molar refractivity (Wildman–Crippen MR) is 57.8 cm³/mol. The summed E-state index contributed by atoms with van der Waals surface area (Å²) in [5, 5.41) is 0. The molecular weight excluding hydrogens is 202 g/mol. The molecule has 0 aromatic rings. The van der Waals surface area contributed by atoms with Gasteiger partial charge in [-0.15, -0.1) is 0 Å². The van der Waals surface area contributed by atoms with Gasteiger partial charge in [0.2, 0.25) is 0 Å². The van der Waals surface area contributed by atoms with Crippen LogP contribution in [0.5, 0.6) is 0 Å². The summed E-state index contributed by atoms with van der Waals surface area (Å²) < 4.78 is 26.6. The molecule has 0 aliphatic carbocycles. The quantitative estimate of drug-likeness (QED) is 0.632. The third-order valence-electron chi connectivity index (χ3n) is 2.18. The Labute approximate surface area is 87.4 Å². The standard InChI is InChI=1S/C9H21NO3S/c1-8(2)10(9(3)4)6-7-14(11,12)13-5/h8-9H,6-7H2,1-5H3. The minimum Gasteiger partial charge on any atom is -0.297 e. The minimum atomic E-state index is -3.32. The Hall–Kier alpha value is -0.130. The van der Waals surface area contributed by atoms with Crippen molar-refractivity contribution in [2.45, 2.75) is 39.8 Å². The number of nitrogens with zero attached hydrogens (tertiary/aromatic N) is 1. The normalized spacial score (nSPS) is 13.1. The first-order chi connectivity index (χ1) is 6.30. The van der Waals surface area contributed by atoms with Crippen LogP contribution in [0.25, 0.3) is 0 Å². The lowest BCUT2D eigenvalue weighted by Gasteiger charge is -2.29. The van der Waals surface area contributed by atoms with E-state index in [0.29, 0.717) is 18.6 Å². The van der Waals surface area contributed by atoms with E-state index in [-0.39, 0.29) is 5.75 Å². The maximum absolute atomic E-state index is 11.1. The first-order valence-electron chi connectivity index (χ1n) is 4.84. The maximum Gasteiger partial charge on any atom is 0.268 e. The van der Waals surface area contributed by atoms with Crippen molar-refractivity contribution in [1.29, 1.82) is 0 Å². The minimum absolute atomic E-state index is 0.0554. The zero-order chi connectivity index (χ0) is 11.4. The highest BCUT2D eigenvalue weighted by atomic mass is 32.2. The van der Waals surface area contributed by atoms with E-state index in [1.165, 1.54) is 7.11 Å². The van der Waals surface area contributed by atoms with Crippen molar-refractivity contribution in [3.8, 4) is 0 Å². The van der Waals surface area contributed by atoms with Crippen LogP contribution in [-0.2, 0) is 14.3 Å². The Bertz CT molecular complexity index is 239. The van der Waals surface area contributed by atoms with Crippen LogP contribution in [0, 0.1) is 0 Å². The molecule has 0 rings (SSSR count). The van der Waals surface area contributed by atoms with Crippen molar-refractivity contribution in [1.82, 2.24) is 4.90 Å². The average molecular weight is 223 g/mol. The second-order valence-corrected chi connectivity index (χ2v) is 5.71. The van der Waals surface area contributed by atoms with Crippen LogP contribution in [0.15, 0.2) is 0 Å².